The first-order valence-electron chi connectivity index (χ1n) is 8.89. The van der Waals surface area contributed by atoms with Crippen molar-refractivity contribution in [3.8, 4) is 0 Å². The fraction of sp³-hybridized carbons (Fsp3) is 0.941. The molecule has 0 aromatic heterocycles. The van der Waals surface area contributed by atoms with Crippen LogP contribution in [0.25, 0.3) is 0 Å². The van der Waals surface area contributed by atoms with Gasteiger partial charge < -0.3 is 20.3 Å². The zero-order valence-corrected chi connectivity index (χ0v) is 14.2. The molecule has 0 atom stereocenters. The molecule has 1 heterocycles. The molecular weight excluding hydrogens is 278 g/mol. The summed E-state index contributed by atoms with van der Waals surface area (Å²) >= 11 is 0. The number of nitrogens with zero attached hydrogens (tertiary/aromatic N) is 1. The molecule has 2 N–H and O–H groups in total. The number of hydrogen-bond acceptors (Lipinski definition) is 4. The van der Waals surface area contributed by atoms with Crippen LogP contribution in [0.4, 0.5) is 4.79 Å². The molecule has 5 heteroatoms. The van der Waals surface area contributed by atoms with E-state index in [0.717, 1.165) is 18.9 Å². The number of carbonyl (C=O) groups excluding carboxylic acids is 1. The predicted molar refractivity (Wildman–Crippen MR) is 86.9 cm³/mol. The van der Waals surface area contributed by atoms with Crippen LogP contribution in [0.3, 0.4) is 0 Å². The Labute approximate surface area is 134 Å². The number of rotatable bonds is 4. The minimum atomic E-state index is -0.416. The number of ether oxygens (including phenoxy) is 1. The number of nitrogens with one attached hydrogen (secondary N) is 2. The molecule has 126 valence electrons. The Morgan fingerprint density at radius 1 is 1.00 bits per heavy atom. The van der Waals surface area contributed by atoms with Gasteiger partial charge in [0.05, 0.1) is 0 Å². The number of alkyl carbamates (subject to hydrolysis) is 1. The summed E-state index contributed by atoms with van der Waals surface area (Å²) in [5.41, 5.74) is -0.416. The summed E-state index contributed by atoms with van der Waals surface area (Å²) in [6.45, 7) is 8.20. The molecule has 2 saturated carbocycles. The smallest absolute Gasteiger partial charge is 0.407 e. The van der Waals surface area contributed by atoms with Gasteiger partial charge in [0.25, 0.3) is 0 Å². The van der Waals surface area contributed by atoms with E-state index in [1.807, 2.05) is 20.8 Å². The SMILES string of the molecule is CC(C)(C)OC(=O)NC1CC(NC2CCN(C3CC3)CC2)C1. The van der Waals surface area contributed by atoms with Gasteiger partial charge in [-0.05, 0) is 72.4 Å². The fourth-order valence-electron chi connectivity index (χ4n) is 3.55. The third-order valence-corrected chi connectivity index (χ3v) is 4.92. The Balaban J connectivity index is 1.28. The Morgan fingerprint density at radius 2 is 1.64 bits per heavy atom. The molecule has 0 unspecified atom stereocenters. The highest BCUT2D eigenvalue weighted by Crippen LogP contribution is 2.30. The maximum atomic E-state index is 11.7. The van der Waals surface area contributed by atoms with Crippen LogP contribution in [0.5, 0.6) is 0 Å². The molecule has 3 rings (SSSR count). The van der Waals surface area contributed by atoms with Crippen LogP contribution in [-0.4, -0.2) is 53.9 Å². The standard InChI is InChI=1S/C17H31N3O2/c1-17(2,3)22-16(21)19-14-10-13(11-14)18-12-6-8-20(9-7-12)15-4-5-15/h12-15,18H,4-11H2,1-3H3,(H,19,21). The number of hydrogen-bond donors (Lipinski definition) is 2. The van der Waals surface area contributed by atoms with Crippen LogP contribution in [0.15, 0.2) is 0 Å². The fourth-order valence-corrected chi connectivity index (χ4v) is 3.55. The van der Waals surface area contributed by atoms with E-state index in [9.17, 15) is 4.79 Å². The van der Waals surface area contributed by atoms with E-state index in [0.29, 0.717) is 12.1 Å². The third-order valence-electron chi connectivity index (χ3n) is 4.92. The van der Waals surface area contributed by atoms with Crippen molar-refractivity contribution in [2.24, 2.45) is 0 Å². The molecule has 1 aliphatic heterocycles. The quantitative estimate of drug-likeness (QED) is 0.836. The van der Waals surface area contributed by atoms with Crippen molar-refractivity contribution < 1.29 is 9.53 Å². The number of amides is 1. The Hall–Kier alpha value is -0.810. The topological polar surface area (TPSA) is 53.6 Å². The maximum Gasteiger partial charge on any atom is 0.407 e. The third kappa shape index (κ3) is 4.59. The molecule has 0 bridgehead atoms. The van der Waals surface area contributed by atoms with Crippen molar-refractivity contribution in [1.29, 1.82) is 0 Å². The van der Waals surface area contributed by atoms with E-state index in [4.69, 9.17) is 4.74 Å². The zero-order chi connectivity index (χ0) is 15.7. The highest BCUT2D eigenvalue weighted by atomic mass is 16.6. The molecule has 3 aliphatic rings. The summed E-state index contributed by atoms with van der Waals surface area (Å²) in [7, 11) is 0. The van der Waals surface area contributed by atoms with Crippen LogP contribution >= 0.6 is 0 Å². The van der Waals surface area contributed by atoms with Crippen LogP contribution in [0.1, 0.15) is 59.3 Å². The van der Waals surface area contributed by atoms with Crippen LogP contribution in [0, 0.1) is 0 Å². The van der Waals surface area contributed by atoms with Crippen molar-refractivity contribution in [3.05, 3.63) is 0 Å². The summed E-state index contributed by atoms with van der Waals surface area (Å²) in [4.78, 5) is 14.4. The van der Waals surface area contributed by atoms with Crippen molar-refractivity contribution in [3.63, 3.8) is 0 Å². The van der Waals surface area contributed by atoms with Crippen molar-refractivity contribution in [2.45, 2.75) is 89.1 Å². The molecular formula is C17H31N3O2. The van der Waals surface area contributed by atoms with E-state index in [1.165, 1.54) is 38.8 Å². The first-order chi connectivity index (χ1) is 10.4. The summed E-state index contributed by atoms with van der Waals surface area (Å²) in [6, 6.07) is 2.42. The van der Waals surface area contributed by atoms with Gasteiger partial charge in [-0.3, -0.25) is 0 Å². The van der Waals surface area contributed by atoms with Gasteiger partial charge in [-0.1, -0.05) is 0 Å². The molecule has 1 amide bonds. The Morgan fingerprint density at radius 3 is 2.18 bits per heavy atom. The van der Waals surface area contributed by atoms with E-state index in [-0.39, 0.29) is 12.1 Å². The minimum Gasteiger partial charge on any atom is -0.444 e. The molecule has 0 aromatic carbocycles. The molecule has 3 fully saturated rings. The van der Waals surface area contributed by atoms with Gasteiger partial charge in [0, 0.05) is 24.2 Å². The Bertz CT molecular complexity index is 389. The van der Waals surface area contributed by atoms with E-state index in [2.05, 4.69) is 15.5 Å². The van der Waals surface area contributed by atoms with Gasteiger partial charge >= 0.3 is 6.09 Å². The van der Waals surface area contributed by atoms with E-state index < -0.39 is 5.60 Å². The van der Waals surface area contributed by atoms with Gasteiger partial charge in [-0.15, -0.1) is 0 Å². The highest BCUT2D eigenvalue weighted by molar-refractivity contribution is 5.68. The lowest BCUT2D eigenvalue weighted by atomic mass is 9.85. The molecule has 2 aliphatic carbocycles. The second-order valence-electron chi connectivity index (χ2n) is 8.22. The lowest BCUT2D eigenvalue weighted by Crippen LogP contribution is -2.56. The van der Waals surface area contributed by atoms with Gasteiger partial charge in [0.2, 0.25) is 0 Å². The van der Waals surface area contributed by atoms with Gasteiger partial charge in [-0.25, -0.2) is 4.79 Å². The monoisotopic (exact) mass is 309 g/mol. The van der Waals surface area contributed by atoms with E-state index in [1.54, 1.807) is 0 Å². The van der Waals surface area contributed by atoms with Crippen LogP contribution in [0.2, 0.25) is 0 Å². The summed E-state index contributed by atoms with van der Waals surface area (Å²) in [5, 5.41) is 6.73. The molecule has 22 heavy (non-hydrogen) atoms. The first kappa shape index (κ1) is 16.1. The van der Waals surface area contributed by atoms with Gasteiger partial charge in [-0.2, -0.15) is 0 Å². The molecule has 0 spiro atoms. The number of likely N-dealkylation sites (tertiary alicyclic amines) is 1. The van der Waals surface area contributed by atoms with Crippen molar-refractivity contribution in [2.75, 3.05) is 13.1 Å². The average Bonchev–Trinajstić information content (AvgIpc) is 3.19. The predicted octanol–water partition coefficient (Wildman–Crippen LogP) is 2.26. The molecule has 1 saturated heterocycles. The highest BCUT2D eigenvalue weighted by Gasteiger charge is 2.35. The average molecular weight is 309 g/mol. The summed E-state index contributed by atoms with van der Waals surface area (Å²) in [5.74, 6) is 0. The normalized spacial score (nSPS) is 30.7. The Kier molecular flexibility index (Phi) is 4.64. The first-order valence-corrected chi connectivity index (χ1v) is 8.89. The van der Waals surface area contributed by atoms with Gasteiger partial charge in [0.15, 0.2) is 0 Å². The molecule has 5 nitrogen and oxygen atoms in total. The van der Waals surface area contributed by atoms with E-state index >= 15 is 0 Å². The molecule has 0 radical (unpaired) electrons. The number of carbonyl (C=O) groups is 1. The van der Waals surface area contributed by atoms with Crippen molar-refractivity contribution >= 4 is 6.09 Å². The lowest BCUT2D eigenvalue weighted by Gasteiger charge is -2.41. The number of piperidine rings is 1. The second kappa shape index (κ2) is 6.36. The summed E-state index contributed by atoms with van der Waals surface area (Å²) < 4.78 is 5.29. The molecule has 0 aromatic rings. The van der Waals surface area contributed by atoms with Gasteiger partial charge in [0.1, 0.15) is 5.60 Å². The van der Waals surface area contributed by atoms with Crippen molar-refractivity contribution in [1.82, 2.24) is 15.5 Å². The lowest BCUT2D eigenvalue weighted by molar-refractivity contribution is 0.0459. The maximum absolute atomic E-state index is 11.7. The largest absolute Gasteiger partial charge is 0.444 e. The summed E-state index contributed by atoms with van der Waals surface area (Å²) in [6.07, 6.45) is 7.16. The second-order valence-corrected chi connectivity index (χ2v) is 8.22. The zero-order valence-electron chi connectivity index (χ0n) is 14.2. The van der Waals surface area contributed by atoms with Crippen LogP contribution < -0.4 is 10.6 Å². The minimum absolute atomic E-state index is 0.277. The van der Waals surface area contributed by atoms with Crippen LogP contribution in [-0.2, 0) is 4.74 Å².